The van der Waals surface area contributed by atoms with E-state index in [4.69, 9.17) is 4.74 Å². The van der Waals surface area contributed by atoms with E-state index in [1.54, 1.807) is 30.3 Å². The Morgan fingerprint density at radius 3 is 2.48 bits per heavy atom. The second-order valence-electron chi connectivity index (χ2n) is 7.25. The number of ether oxygens (including phenoxy) is 1. The van der Waals surface area contributed by atoms with Crippen molar-refractivity contribution in [3.8, 4) is 5.75 Å². The van der Waals surface area contributed by atoms with Crippen LogP contribution in [0.4, 0.5) is 11.4 Å². The Balaban J connectivity index is 1.49. The average Bonchev–Trinajstić information content (AvgIpc) is 3.26. The molecule has 152 valence electrons. The van der Waals surface area contributed by atoms with E-state index in [9.17, 15) is 9.59 Å². The summed E-state index contributed by atoms with van der Waals surface area (Å²) in [6.07, 6.45) is 2.12. The molecule has 2 N–H and O–H groups in total. The SMILES string of the molecule is C=C(C)COc1ccc(NC(=O)CNc2cccc(C(=O)N3CCCC3)c2)cc1. The molecule has 6 nitrogen and oxygen atoms in total. The number of hydrogen-bond acceptors (Lipinski definition) is 4. The lowest BCUT2D eigenvalue weighted by atomic mass is 10.1. The maximum Gasteiger partial charge on any atom is 0.253 e. The van der Waals surface area contributed by atoms with E-state index in [0.29, 0.717) is 17.9 Å². The molecule has 1 aliphatic heterocycles. The van der Waals surface area contributed by atoms with E-state index in [1.165, 1.54) is 0 Å². The van der Waals surface area contributed by atoms with Gasteiger partial charge < -0.3 is 20.3 Å². The molecule has 1 fully saturated rings. The van der Waals surface area contributed by atoms with Gasteiger partial charge in [-0.25, -0.2) is 0 Å². The summed E-state index contributed by atoms with van der Waals surface area (Å²) >= 11 is 0. The highest BCUT2D eigenvalue weighted by Gasteiger charge is 2.19. The van der Waals surface area contributed by atoms with Crippen LogP contribution in [0, 0.1) is 0 Å². The first-order valence-electron chi connectivity index (χ1n) is 9.81. The van der Waals surface area contributed by atoms with E-state index in [0.717, 1.165) is 42.9 Å². The Morgan fingerprint density at radius 1 is 1.07 bits per heavy atom. The molecule has 0 spiro atoms. The van der Waals surface area contributed by atoms with Gasteiger partial charge in [0.2, 0.25) is 5.91 Å². The average molecular weight is 393 g/mol. The Bertz CT molecular complexity index is 871. The minimum atomic E-state index is -0.170. The van der Waals surface area contributed by atoms with E-state index in [1.807, 2.05) is 30.0 Å². The third-order valence-corrected chi connectivity index (χ3v) is 4.58. The topological polar surface area (TPSA) is 70.7 Å². The molecule has 2 aromatic carbocycles. The van der Waals surface area contributed by atoms with Gasteiger partial charge in [0.25, 0.3) is 5.91 Å². The highest BCUT2D eigenvalue weighted by atomic mass is 16.5. The molecule has 0 aromatic heterocycles. The molecule has 2 amide bonds. The van der Waals surface area contributed by atoms with Crippen molar-refractivity contribution in [2.45, 2.75) is 19.8 Å². The van der Waals surface area contributed by atoms with Crippen molar-refractivity contribution in [1.29, 1.82) is 0 Å². The number of anilines is 2. The Hall–Kier alpha value is -3.28. The van der Waals surface area contributed by atoms with E-state index >= 15 is 0 Å². The second kappa shape index (κ2) is 9.78. The molecule has 0 atom stereocenters. The Kier molecular flexibility index (Phi) is 6.89. The van der Waals surface area contributed by atoms with Crippen LogP contribution in [0.15, 0.2) is 60.7 Å². The van der Waals surface area contributed by atoms with Crippen molar-refractivity contribution in [2.75, 3.05) is 36.9 Å². The van der Waals surface area contributed by atoms with Crippen LogP contribution in [0.2, 0.25) is 0 Å². The molecule has 3 rings (SSSR count). The highest BCUT2D eigenvalue weighted by molar-refractivity contribution is 5.96. The largest absolute Gasteiger partial charge is 0.489 e. The molecule has 1 aliphatic rings. The van der Waals surface area contributed by atoms with Gasteiger partial charge >= 0.3 is 0 Å². The number of amides is 2. The lowest BCUT2D eigenvalue weighted by molar-refractivity contribution is -0.114. The van der Waals surface area contributed by atoms with Gasteiger partial charge in [-0.15, -0.1) is 0 Å². The first-order chi connectivity index (χ1) is 14.0. The number of nitrogens with zero attached hydrogens (tertiary/aromatic N) is 1. The van der Waals surface area contributed by atoms with Crippen LogP contribution in [-0.2, 0) is 4.79 Å². The number of hydrogen-bond donors (Lipinski definition) is 2. The summed E-state index contributed by atoms with van der Waals surface area (Å²) in [5.41, 5.74) is 3.02. The quantitative estimate of drug-likeness (QED) is 0.667. The normalized spacial score (nSPS) is 13.1. The maximum atomic E-state index is 12.5. The van der Waals surface area contributed by atoms with Crippen LogP contribution in [0.3, 0.4) is 0 Å². The summed E-state index contributed by atoms with van der Waals surface area (Å²) in [6, 6.07) is 14.5. The first-order valence-corrected chi connectivity index (χ1v) is 9.81. The minimum absolute atomic E-state index is 0.0459. The molecule has 0 radical (unpaired) electrons. The van der Waals surface area contributed by atoms with Gasteiger partial charge in [-0.2, -0.15) is 0 Å². The van der Waals surface area contributed by atoms with Crippen LogP contribution in [0.25, 0.3) is 0 Å². The number of carbonyl (C=O) groups is 2. The molecule has 1 saturated heterocycles. The van der Waals surface area contributed by atoms with Gasteiger partial charge in [0, 0.05) is 30.0 Å². The van der Waals surface area contributed by atoms with Crippen LogP contribution in [-0.4, -0.2) is 43.0 Å². The number of benzene rings is 2. The highest BCUT2D eigenvalue weighted by Crippen LogP contribution is 2.18. The van der Waals surface area contributed by atoms with Crippen LogP contribution in [0.5, 0.6) is 5.75 Å². The fourth-order valence-corrected chi connectivity index (χ4v) is 3.09. The van der Waals surface area contributed by atoms with Crippen molar-refractivity contribution in [2.24, 2.45) is 0 Å². The van der Waals surface area contributed by atoms with Gasteiger partial charge in [0.1, 0.15) is 12.4 Å². The van der Waals surface area contributed by atoms with Gasteiger partial charge in [-0.3, -0.25) is 9.59 Å². The molecule has 0 unspecified atom stereocenters. The minimum Gasteiger partial charge on any atom is -0.489 e. The predicted octanol–water partition coefficient (Wildman–Crippen LogP) is 3.93. The molecule has 1 heterocycles. The number of nitrogens with one attached hydrogen (secondary N) is 2. The van der Waals surface area contributed by atoms with E-state index in [-0.39, 0.29) is 18.4 Å². The molecule has 0 aliphatic carbocycles. The summed E-state index contributed by atoms with van der Waals surface area (Å²) in [4.78, 5) is 26.6. The van der Waals surface area contributed by atoms with Gasteiger partial charge in [-0.1, -0.05) is 12.6 Å². The van der Waals surface area contributed by atoms with Gasteiger partial charge in [0.15, 0.2) is 0 Å². The van der Waals surface area contributed by atoms with Crippen LogP contribution < -0.4 is 15.4 Å². The maximum absolute atomic E-state index is 12.5. The molecule has 0 bridgehead atoms. The summed E-state index contributed by atoms with van der Waals surface area (Å²) in [6.45, 7) is 7.90. The molecular weight excluding hydrogens is 366 g/mol. The van der Waals surface area contributed by atoms with E-state index in [2.05, 4.69) is 17.2 Å². The number of carbonyl (C=O) groups excluding carboxylic acids is 2. The van der Waals surface area contributed by atoms with Crippen molar-refractivity contribution in [3.63, 3.8) is 0 Å². The standard InChI is InChI=1S/C23H27N3O3/c1-17(2)16-29-21-10-8-19(9-11-21)25-22(27)15-24-20-7-5-6-18(14-20)23(28)26-12-3-4-13-26/h5-11,14,24H,1,3-4,12-13,15-16H2,2H3,(H,25,27). The molecular formula is C23H27N3O3. The van der Waals surface area contributed by atoms with Crippen molar-refractivity contribution in [3.05, 3.63) is 66.2 Å². The van der Waals surface area contributed by atoms with Crippen molar-refractivity contribution < 1.29 is 14.3 Å². The third-order valence-electron chi connectivity index (χ3n) is 4.58. The fourth-order valence-electron chi connectivity index (χ4n) is 3.09. The van der Waals surface area contributed by atoms with Crippen LogP contribution >= 0.6 is 0 Å². The molecule has 29 heavy (non-hydrogen) atoms. The molecule has 6 heteroatoms. The van der Waals surface area contributed by atoms with E-state index < -0.39 is 0 Å². The lowest BCUT2D eigenvalue weighted by Crippen LogP contribution is -2.27. The lowest BCUT2D eigenvalue weighted by Gasteiger charge is -2.16. The smallest absolute Gasteiger partial charge is 0.253 e. The third kappa shape index (κ3) is 6.10. The zero-order chi connectivity index (χ0) is 20.6. The van der Waals surface area contributed by atoms with Gasteiger partial charge in [-0.05, 0) is 67.8 Å². The van der Waals surface area contributed by atoms with Gasteiger partial charge in [0.05, 0.1) is 6.54 Å². The molecule has 2 aromatic rings. The fraction of sp³-hybridized carbons (Fsp3) is 0.304. The zero-order valence-corrected chi connectivity index (χ0v) is 16.7. The van der Waals surface area contributed by atoms with Crippen molar-refractivity contribution in [1.82, 2.24) is 4.90 Å². The monoisotopic (exact) mass is 393 g/mol. The van der Waals surface area contributed by atoms with Crippen LogP contribution in [0.1, 0.15) is 30.1 Å². The Labute approximate surface area is 171 Å². The number of likely N-dealkylation sites (tertiary alicyclic amines) is 1. The predicted molar refractivity (Wildman–Crippen MR) is 115 cm³/mol. The second-order valence-corrected chi connectivity index (χ2v) is 7.25. The summed E-state index contributed by atoms with van der Waals surface area (Å²) < 4.78 is 5.54. The molecule has 0 saturated carbocycles. The first kappa shape index (κ1) is 20.5. The summed E-state index contributed by atoms with van der Waals surface area (Å²) in [7, 11) is 0. The Morgan fingerprint density at radius 2 is 1.79 bits per heavy atom. The zero-order valence-electron chi connectivity index (χ0n) is 16.7. The van der Waals surface area contributed by atoms with Crippen molar-refractivity contribution >= 4 is 23.2 Å². The summed E-state index contributed by atoms with van der Waals surface area (Å²) in [5.74, 6) is 0.602. The summed E-state index contributed by atoms with van der Waals surface area (Å²) in [5, 5.41) is 5.91. The number of rotatable bonds is 8.